The molecule has 1 aromatic heterocycles. The van der Waals surface area contributed by atoms with E-state index in [-0.39, 0.29) is 5.91 Å². The Hall–Kier alpha value is -2.76. The second kappa shape index (κ2) is 6.80. The van der Waals surface area contributed by atoms with Crippen LogP contribution in [0.25, 0.3) is 0 Å². The third-order valence-electron chi connectivity index (χ3n) is 3.49. The number of benzene rings is 1. The molecular formula is C16H17N3O3. The number of aromatic nitrogens is 2. The molecule has 1 amide bonds. The first kappa shape index (κ1) is 15.6. The van der Waals surface area contributed by atoms with Gasteiger partial charge in [0, 0.05) is 6.20 Å². The zero-order valence-electron chi connectivity index (χ0n) is 12.4. The maximum atomic E-state index is 12.4. The van der Waals surface area contributed by atoms with Crippen LogP contribution in [-0.4, -0.2) is 27.0 Å². The summed E-state index contributed by atoms with van der Waals surface area (Å²) in [6, 6.07) is 8.39. The van der Waals surface area contributed by atoms with Crippen molar-refractivity contribution in [3.8, 4) is 0 Å². The first-order chi connectivity index (χ1) is 10.5. The third kappa shape index (κ3) is 3.46. The van der Waals surface area contributed by atoms with E-state index in [1.807, 2.05) is 6.07 Å². The van der Waals surface area contributed by atoms with Gasteiger partial charge in [0.15, 0.2) is 0 Å². The summed E-state index contributed by atoms with van der Waals surface area (Å²) < 4.78 is 0. The Balaban J connectivity index is 2.29. The molecule has 2 unspecified atom stereocenters. The van der Waals surface area contributed by atoms with Gasteiger partial charge in [-0.05, 0) is 19.4 Å². The summed E-state index contributed by atoms with van der Waals surface area (Å²) in [6.07, 6.45) is 2.78. The van der Waals surface area contributed by atoms with Crippen molar-refractivity contribution in [1.82, 2.24) is 15.3 Å². The summed E-state index contributed by atoms with van der Waals surface area (Å²) in [4.78, 5) is 31.5. The van der Waals surface area contributed by atoms with Crippen LogP contribution in [0.2, 0.25) is 0 Å². The Morgan fingerprint density at radius 2 is 1.91 bits per heavy atom. The fourth-order valence-electron chi connectivity index (χ4n) is 2.13. The molecule has 2 aromatic rings. The first-order valence-electron chi connectivity index (χ1n) is 6.86. The van der Waals surface area contributed by atoms with Gasteiger partial charge in [0.25, 0.3) is 5.91 Å². The number of carboxylic acid groups (broad SMARTS) is 1. The van der Waals surface area contributed by atoms with E-state index in [2.05, 4.69) is 15.3 Å². The molecule has 0 spiro atoms. The number of nitrogens with one attached hydrogen (secondary N) is 1. The van der Waals surface area contributed by atoms with Crippen molar-refractivity contribution < 1.29 is 14.7 Å². The van der Waals surface area contributed by atoms with Gasteiger partial charge in [0.05, 0.1) is 23.2 Å². The number of carboxylic acids is 1. The SMILES string of the molecule is Cc1ncncc1C(=O)NC(c1ccccc1)C(C)C(=O)O. The highest BCUT2D eigenvalue weighted by molar-refractivity contribution is 5.95. The molecule has 6 heteroatoms. The molecule has 0 fully saturated rings. The Labute approximate surface area is 128 Å². The number of nitrogens with zero attached hydrogens (tertiary/aromatic N) is 2. The lowest BCUT2D eigenvalue weighted by Crippen LogP contribution is -2.36. The van der Waals surface area contributed by atoms with E-state index in [0.29, 0.717) is 11.3 Å². The number of carbonyl (C=O) groups excluding carboxylic acids is 1. The van der Waals surface area contributed by atoms with E-state index < -0.39 is 17.9 Å². The Bertz CT molecular complexity index is 673. The molecule has 114 valence electrons. The van der Waals surface area contributed by atoms with Crippen molar-refractivity contribution in [2.24, 2.45) is 5.92 Å². The van der Waals surface area contributed by atoms with Gasteiger partial charge in [-0.3, -0.25) is 9.59 Å². The molecule has 2 N–H and O–H groups in total. The van der Waals surface area contributed by atoms with E-state index >= 15 is 0 Å². The summed E-state index contributed by atoms with van der Waals surface area (Å²) in [7, 11) is 0. The van der Waals surface area contributed by atoms with Gasteiger partial charge in [0.2, 0.25) is 0 Å². The number of hydrogen-bond acceptors (Lipinski definition) is 4. The zero-order chi connectivity index (χ0) is 16.1. The minimum atomic E-state index is -0.977. The minimum absolute atomic E-state index is 0.334. The summed E-state index contributed by atoms with van der Waals surface area (Å²) in [5.41, 5.74) is 1.61. The number of rotatable bonds is 5. The minimum Gasteiger partial charge on any atom is -0.481 e. The Morgan fingerprint density at radius 1 is 1.23 bits per heavy atom. The summed E-state index contributed by atoms with van der Waals surface area (Å²) in [6.45, 7) is 3.27. The second-order valence-corrected chi connectivity index (χ2v) is 5.01. The molecule has 1 heterocycles. The van der Waals surface area contributed by atoms with Crippen LogP contribution >= 0.6 is 0 Å². The number of aliphatic carboxylic acids is 1. The predicted octanol–water partition coefficient (Wildman–Crippen LogP) is 1.98. The van der Waals surface area contributed by atoms with Gasteiger partial charge >= 0.3 is 5.97 Å². The Kier molecular flexibility index (Phi) is 4.83. The normalized spacial score (nSPS) is 13.2. The van der Waals surface area contributed by atoms with Crippen molar-refractivity contribution in [3.05, 3.63) is 59.7 Å². The van der Waals surface area contributed by atoms with Crippen LogP contribution in [0.3, 0.4) is 0 Å². The highest BCUT2D eigenvalue weighted by Gasteiger charge is 2.27. The van der Waals surface area contributed by atoms with E-state index in [0.717, 1.165) is 5.56 Å². The van der Waals surface area contributed by atoms with Crippen LogP contribution in [0.1, 0.15) is 34.6 Å². The summed E-state index contributed by atoms with van der Waals surface area (Å²) in [5, 5.41) is 12.0. The number of hydrogen-bond donors (Lipinski definition) is 2. The summed E-state index contributed by atoms with van der Waals surface area (Å²) >= 11 is 0. The molecule has 0 aliphatic heterocycles. The van der Waals surface area contributed by atoms with Crippen molar-refractivity contribution in [1.29, 1.82) is 0 Å². The molecule has 0 saturated carbocycles. The van der Waals surface area contributed by atoms with Gasteiger partial charge < -0.3 is 10.4 Å². The van der Waals surface area contributed by atoms with Crippen LogP contribution < -0.4 is 5.32 Å². The fourth-order valence-corrected chi connectivity index (χ4v) is 2.13. The van der Waals surface area contributed by atoms with Gasteiger partial charge in [-0.2, -0.15) is 0 Å². The predicted molar refractivity (Wildman–Crippen MR) is 80.2 cm³/mol. The smallest absolute Gasteiger partial charge is 0.308 e. The topological polar surface area (TPSA) is 92.2 Å². The van der Waals surface area contributed by atoms with Gasteiger partial charge in [-0.1, -0.05) is 30.3 Å². The zero-order valence-corrected chi connectivity index (χ0v) is 12.4. The lowest BCUT2D eigenvalue weighted by atomic mass is 9.94. The van der Waals surface area contributed by atoms with Gasteiger partial charge in [-0.25, -0.2) is 9.97 Å². The Morgan fingerprint density at radius 3 is 2.50 bits per heavy atom. The van der Waals surface area contributed by atoms with E-state index in [4.69, 9.17) is 0 Å². The molecule has 0 bridgehead atoms. The van der Waals surface area contributed by atoms with Crippen molar-refractivity contribution in [3.63, 3.8) is 0 Å². The van der Waals surface area contributed by atoms with E-state index in [9.17, 15) is 14.7 Å². The lowest BCUT2D eigenvalue weighted by Gasteiger charge is -2.23. The molecule has 2 rings (SSSR count). The number of amides is 1. The average Bonchev–Trinajstić information content (AvgIpc) is 2.53. The molecule has 0 saturated heterocycles. The fraction of sp³-hybridized carbons (Fsp3) is 0.250. The quantitative estimate of drug-likeness (QED) is 0.880. The maximum Gasteiger partial charge on any atom is 0.308 e. The van der Waals surface area contributed by atoms with Crippen LogP contribution in [0, 0.1) is 12.8 Å². The van der Waals surface area contributed by atoms with Crippen molar-refractivity contribution in [2.45, 2.75) is 19.9 Å². The molecule has 1 aromatic carbocycles. The number of carbonyl (C=O) groups is 2. The van der Waals surface area contributed by atoms with E-state index in [1.165, 1.54) is 12.5 Å². The second-order valence-electron chi connectivity index (χ2n) is 5.01. The summed E-state index contributed by atoms with van der Waals surface area (Å²) in [5.74, 6) is -2.13. The van der Waals surface area contributed by atoms with Gasteiger partial charge in [-0.15, -0.1) is 0 Å². The number of aryl methyl sites for hydroxylation is 1. The maximum absolute atomic E-state index is 12.4. The van der Waals surface area contributed by atoms with Crippen molar-refractivity contribution in [2.75, 3.05) is 0 Å². The standard InChI is InChI=1S/C16H17N3O3/c1-10(16(21)22)14(12-6-4-3-5-7-12)19-15(20)13-8-17-9-18-11(13)2/h3-10,14H,1-2H3,(H,19,20)(H,21,22). The van der Waals surface area contributed by atoms with Crippen LogP contribution in [0.15, 0.2) is 42.9 Å². The molecule has 2 atom stereocenters. The molecule has 0 radical (unpaired) electrons. The average molecular weight is 299 g/mol. The van der Waals surface area contributed by atoms with Crippen LogP contribution in [0.5, 0.6) is 0 Å². The van der Waals surface area contributed by atoms with Crippen LogP contribution in [0.4, 0.5) is 0 Å². The molecule has 22 heavy (non-hydrogen) atoms. The van der Waals surface area contributed by atoms with Crippen LogP contribution in [-0.2, 0) is 4.79 Å². The largest absolute Gasteiger partial charge is 0.481 e. The van der Waals surface area contributed by atoms with Crippen molar-refractivity contribution >= 4 is 11.9 Å². The highest BCUT2D eigenvalue weighted by Crippen LogP contribution is 2.22. The monoisotopic (exact) mass is 299 g/mol. The molecular weight excluding hydrogens is 282 g/mol. The lowest BCUT2D eigenvalue weighted by molar-refractivity contribution is -0.142. The third-order valence-corrected chi connectivity index (χ3v) is 3.49. The van der Waals surface area contributed by atoms with E-state index in [1.54, 1.807) is 38.1 Å². The molecule has 0 aliphatic carbocycles. The first-order valence-corrected chi connectivity index (χ1v) is 6.86. The molecule has 0 aliphatic rings. The highest BCUT2D eigenvalue weighted by atomic mass is 16.4. The van der Waals surface area contributed by atoms with Gasteiger partial charge in [0.1, 0.15) is 6.33 Å². The molecule has 6 nitrogen and oxygen atoms in total.